The van der Waals surface area contributed by atoms with Crippen LogP contribution in [0.3, 0.4) is 0 Å². The summed E-state index contributed by atoms with van der Waals surface area (Å²) in [5, 5.41) is 9.14. The van der Waals surface area contributed by atoms with Crippen molar-refractivity contribution >= 4 is 22.7 Å². The molecule has 0 aliphatic rings. The first-order chi connectivity index (χ1) is 8.65. The van der Waals surface area contributed by atoms with Crippen molar-refractivity contribution in [3.05, 3.63) is 21.7 Å². The molecule has 0 unspecified atom stereocenters. The fourth-order valence-corrected chi connectivity index (χ4v) is 1.29. The van der Waals surface area contributed by atoms with Gasteiger partial charge in [-0.3, -0.25) is 4.79 Å². The first-order valence-corrected chi connectivity index (χ1v) is 4.72. The second-order valence-corrected chi connectivity index (χ2v) is 3.28. The fraction of sp³-hybridized carbons (Fsp3) is 0.250. The predicted octanol–water partition coefficient (Wildman–Crippen LogP) is 2.28. The van der Waals surface area contributed by atoms with Crippen LogP contribution >= 0.6 is 11.6 Å². The molecule has 0 aromatic carbocycles. The lowest BCUT2D eigenvalue weighted by Gasteiger charge is -2.11. The smallest absolute Gasteiger partial charge is 0.463 e. The van der Waals surface area contributed by atoms with Gasteiger partial charge < -0.3 is 19.6 Å². The van der Waals surface area contributed by atoms with Gasteiger partial charge in [0.2, 0.25) is 0 Å². The Morgan fingerprint density at radius 1 is 1.53 bits per heavy atom. The SMILES string of the molecule is COc1cc(OC(F)(F)F)c(C(=O)Cl)c([N+](=O)[O-])n1. The van der Waals surface area contributed by atoms with Gasteiger partial charge in [-0.05, 0) is 16.5 Å². The Morgan fingerprint density at radius 2 is 2.11 bits per heavy atom. The zero-order valence-electron chi connectivity index (χ0n) is 9.02. The molecule has 11 heteroatoms. The van der Waals surface area contributed by atoms with Gasteiger partial charge in [-0.15, -0.1) is 13.2 Å². The van der Waals surface area contributed by atoms with Crippen molar-refractivity contribution in [2.75, 3.05) is 7.11 Å². The molecule has 0 bridgehead atoms. The van der Waals surface area contributed by atoms with Gasteiger partial charge in [0.15, 0.2) is 11.3 Å². The molecule has 0 spiro atoms. The van der Waals surface area contributed by atoms with E-state index in [0.717, 1.165) is 7.11 Å². The number of carbonyl (C=O) groups is 1. The van der Waals surface area contributed by atoms with Crippen LogP contribution in [0.25, 0.3) is 0 Å². The number of halogens is 4. The number of hydrogen-bond donors (Lipinski definition) is 0. The van der Waals surface area contributed by atoms with Crippen molar-refractivity contribution < 1.29 is 32.4 Å². The van der Waals surface area contributed by atoms with Crippen LogP contribution in [0, 0.1) is 10.1 Å². The van der Waals surface area contributed by atoms with Gasteiger partial charge in [0.25, 0.3) is 5.24 Å². The topological polar surface area (TPSA) is 91.6 Å². The van der Waals surface area contributed by atoms with Crippen molar-refractivity contribution in [2.24, 2.45) is 0 Å². The van der Waals surface area contributed by atoms with Gasteiger partial charge in [-0.1, -0.05) is 0 Å². The molecule has 0 saturated heterocycles. The van der Waals surface area contributed by atoms with Gasteiger partial charge in [-0.2, -0.15) is 0 Å². The van der Waals surface area contributed by atoms with Crippen LogP contribution in [0.2, 0.25) is 0 Å². The molecule has 1 rings (SSSR count). The summed E-state index contributed by atoms with van der Waals surface area (Å²) in [6, 6.07) is 0.566. The summed E-state index contributed by atoms with van der Waals surface area (Å²) in [6.45, 7) is 0. The normalized spacial score (nSPS) is 11.0. The van der Waals surface area contributed by atoms with Gasteiger partial charge in [0.05, 0.1) is 13.2 Å². The summed E-state index contributed by atoms with van der Waals surface area (Å²) in [6.07, 6.45) is -5.17. The third-order valence-corrected chi connectivity index (χ3v) is 1.93. The standard InChI is InChI=1S/C8H4ClF3N2O5/c1-18-4-2-3(19-8(10,11)12)5(6(9)15)7(13-4)14(16)17/h2H,1H3. The van der Waals surface area contributed by atoms with Gasteiger partial charge >= 0.3 is 18.1 Å². The Bertz CT molecular complexity index is 534. The molecule has 0 aliphatic carbocycles. The quantitative estimate of drug-likeness (QED) is 0.481. The average molecular weight is 301 g/mol. The summed E-state index contributed by atoms with van der Waals surface area (Å²) in [4.78, 5) is 23.7. The van der Waals surface area contributed by atoms with Crippen molar-refractivity contribution in [3.8, 4) is 11.6 Å². The van der Waals surface area contributed by atoms with Gasteiger partial charge in [0.1, 0.15) is 0 Å². The number of methoxy groups -OCH3 is 1. The van der Waals surface area contributed by atoms with Crippen LogP contribution in [0.5, 0.6) is 11.6 Å². The molecule has 0 aliphatic heterocycles. The maximum atomic E-state index is 12.1. The van der Waals surface area contributed by atoms with Gasteiger partial charge in [0, 0.05) is 4.98 Å². The third kappa shape index (κ3) is 3.68. The Kier molecular flexibility index (Phi) is 4.14. The Hall–Kier alpha value is -2.10. The molecular weight excluding hydrogens is 297 g/mol. The molecule has 0 fully saturated rings. The molecule has 1 heterocycles. The molecular formula is C8H4ClF3N2O5. The third-order valence-electron chi connectivity index (χ3n) is 1.74. The van der Waals surface area contributed by atoms with Crippen LogP contribution in [-0.4, -0.2) is 28.6 Å². The summed E-state index contributed by atoms with van der Waals surface area (Å²) in [5.41, 5.74) is -1.11. The predicted molar refractivity (Wildman–Crippen MR) is 54.3 cm³/mol. The van der Waals surface area contributed by atoms with Crippen LogP contribution in [0.4, 0.5) is 19.0 Å². The number of carbonyl (C=O) groups excluding carboxylic acids is 1. The molecule has 104 valence electrons. The van der Waals surface area contributed by atoms with Crippen molar-refractivity contribution in [3.63, 3.8) is 0 Å². The minimum atomic E-state index is -5.17. The number of rotatable bonds is 4. The molecule has 0 N–H and O–H groups in total. The van der Waals surface area contributed by atoms with E-state index < -0.39 is 39.5 Å². The number of aromatic nitrogens is 1. The van der Waals surface area contributed by atoms with Crippen LogP contribution in [-0.2, 0) is 0 Å². The van der Waals surface area contributed by atoms with Crippen LogP contribution < -0.4 is 9.47 Å². The van der Waals surface area contributed by atoms with E-state index >= 15 is 0 Å². The van der Waals surface area contributed by atoms with E-state index in [0.29, 0.717) is 6.07 Å². The largest absolute Gasteiger partial charge is 0.573 e. The molecule has 1 aromatic rings. The second-order valence-electron chi connectivity index (χ2n) is 2.94. The number of nitrogens with zero attached hydrogens (tertiary/aromatic N) is 2. The highest BCUT2D eigenvalue weighted by molar-refractivity contribution is 6.68. The first-order valence-electron chi connectivity index (χ1n) is 4.34. The zero-order chi connectivity index (χ0) is 14.8. The van der Waals surface area contributed by atoms with Gasteiger partial charge in [-0.25, -0.2) is 0 Å². The molecule has 1 aromatic heterocycles. The number of ether oxygens (including phenoxy) is 2. The Labute approximate surface area is 108 Å². The molecule has 0 radical (unpaired) electrons. The fourth-order valence-electron chi connectivity index (χ4n) is 1.11. The lowest BCUT2D eigenvalue weighted by molar-refractivity contribution is -0.390. The minimum Gasteiger partial charge on any atom is -0.463 e. The lowest BCUT2D eigenvalue weighted by atomic mass is 10.2. The van der Waals surface area contributed by atoms with E-state index in [-0.39, 0.29) is 0 Å². The molecule has 0 atom stereocenters. The van der Waals surface area contributed by atoms with E-state index in [9.17, 15) is 28.1 Å². The maximum absolute atomic E-state index is 12.1. The zero-order valence-corrected chi connectivity index (χ0v) is 9.78. The average Bonchev–Trinajstić information content (AvgIpc) is 2.24. The van der Waals surface area contributed by atoms with E-state index in [1.165, 1.54) is 0 Å². The molecule has 0 saturated carbocycles. The lowest BCUT2D eigenvalue weighted by Crippen LogP contribution is -2.19. The highest BCUT2D eigenvalue weighted by Gasteiger charge is 2.37. The highest BCUT2D eigenvalue weighted by Crippen LogP contribution is 2.35. The van der Waals surface area contributed by atoms with Crippen molar-refractivity contribution in [2.45, 2.75) is 6.36 Å². The molecule has 19 heavy (non-hydrogen) atoms. The van der Waals surface area contributed by atoms with Crippen molar-refractivity contribution in [1.29, 1.82) is 0 Å². The van der Waals surface area contributed by atoms with Crippen molar-refractivity contribution in [1.82, 2.24) is 4.98 Å². The number of pyridine rings is 1. The van der Waals surface area contributed by atoms with E-state index in [2.05, 4.69) is 14.5 Å². The maximum Gasteiger partial charge on any atom is 0.573 e. The Balaban J connectivity index is 3.53. The van der Waals surface area contributed by atoms with E-state index in [1.54, 1.807) is 0 Å². The number of hydrogen-bond acceptors (Lipinski definition) is 6. The minimum absolute atomic E-state index is 0.535. The Morgan fingerprint density at radius 3 is 2.47 bits per heavy atom. The molecule has 7 nitrogen and oxygen atoms in total. The first kappa shape index (κ1) is 15.0. The number of nitro groups is 1. The van der Waals surface area contributed by atoms with Crippen LogP contribution in [0.1, 0.15) is 10.4 Å². The van der Waals surface area contributed by atoms with E-state index in [4.69, 9.17) is 11.6 Å². The number of alkyl halides is 3. The highest BCUT2D eigenvalue weighted by atomic mass is 35.5. The van der Waals surface area contributed by atoms with E-state index in [1.807, 2.05) is 0 Å². The summed E-state index contributed by atoms with van der Waals surface area (Å²) in [5.74, 6) is -2.89. The monoisotopic (exact) mass is 300 g/mol. The summed E-state index contributed by atoms with van der Waals surface area (Å²) < 4.78 is 44.4. The summed E-state index contributed by atoms with van der Waals surface area (Å²) in [7, 11) is 1.02. The molecule has 0 amide bonds. The second kappa shape index (κ2) is 5.26. The van der Waals surface area contributed by atoms with Crippen LogP contribution in [0.15, 0.2) is 6.07 Å². The summed E-state index contributed by atoms with van der Waals surface area (Å²) >= 11 is 5.01.